The molecule has 0 atom stereocenters. The molecule has 4 nitrogen and oxygen atoms in total. The van der Waals surface area contributed by atoms with E-state index in [1.54, 1.807) is 0 Å². The zero-order valence-corrected chi connectivity index (χ0v) is 8.96. The van der Waals surface area contributed by atoms with Crippen LogP contribution in [-0.4, -0.2) is 37.0 Å². The summed E-state index contributed by atoms with van der Waals surface area (Å²) in [6, 6.07) is 0. The van der Waals surface area contributed by atoms with Gasteiger partial charge in [0.15, 0.2) is 0 Å². The van der Waals surface area contributed by atoms with E-state index < -0.39 is 0 Å². The van der Waals surface area contributed by atoms with Crippen molar-refractivity contribution >= 4 is 5.91 Å². The quantitative estimate of drug-likeness (QED) is 0.665. The number of likely N-dealkylation sites (tertiary alicyclic amines) is 1. The maximum atomic E-state index is 10.9. The lowest BCUT2D eigenvalue weighted by Gasteiger charge is -2.40. The highest BCUT2D eigenvalue weighted by Gasteiger charge is 2.34. The Bertz CT molecular complexity index is 198. The molecule has 82 valence electrons. The summed E-state index contributed by atoms with van der Waals surface area (Å²) in [5.41, 5.74) is 11.0. The first kappa shape index (κ1) is 11.5. The molecule has 4 heteroatoms. The maximum absolute atomic E-state index is 10.9. The third-order valence-corrected chi connectivity index (χ3v) is 3.35. The molecule has 0 aromatic carbocycles. The lowest BCUT2D eigenvalue weighted by Crippen LogP contribution is -2.45. The lowest BCUT2D eigenvalue weighted by molar-refractivity contribution is -0.121. The normalized spacial score (nSPS) is 22.1. The van der Waals surface area contributed by atoms with Gasteiger partial charge in [-0.15, -0.1) is 0 Å². The van der Waals surface area contributed by atoms with Crippen molar-refractivity contribution in [2.45, 2.75) is 26.2 Å². The van der Waals surface area contributed by atoms with E-state index in [0.717, 1.165) is 32.5 Å². The Morgan fingerprint density at radius 2 is 2.00 bits per heavy atom. The highest BCUT2D eigenvalue weighted by molar-refractivity contribution is 5.74. The van der Waals surface area contributed by atoms with Crippen molar-refractivity contribution in [2.24, 2.45) is 16.9 Å². The molecule has 0 aliphatic carbocycles. The average Bonchev–Trinajstić information content (AvgIpc) is 2.18. The van der Waals surface area contributed by atoms with E-state index in [2.05, 4.69) is 11.8 Å². The van der Waals surface area contributed by atoms with Crippen molar-refractivity contribution in [3.8, 4) is 0 Å². The Kier molecular flexibility index (Phi) is 3.89. The van der Waals surface area contributed by atoms with Crippen molar-refractivity contribution in [1.29, 1.82) is 0 Å². The topological polar surface area (TPSA) is 72.3 Å². The zero-order chi connectivity index (χ0) is 10.6. The van der Waals surface area contributed by atoms with E-state index in [9.17, 15) is 4.79 Å². The smallest absolute Gasteiger partial charge is 0.218 e. The molecule has 0 unspecified atom stereocenters. The number of piperidine rings is 1. The number of carbonyl (C=O) groups is 1. The summed E-state index contributed by atoms with van der Waals surface area (Å²) in [5.74, 6) is -0.222. The minimum absolute atomic E-state index is 0.0164. The Labute approximate surface area is 85.6 Å². The molecular weight excluding hydrogens is 178 g/mol. The summed E-state index contributed by atoms with van der Waals surface area (Å²) in [5, 5.41) is 0. The molecule has 0 spiro atoms. The number of carbonyl (C=O) groups excluding carboxylic acids is 1. The molecule has 1 rings (SSSR count). The van der Waals surface area contributed by atoms with Crippen LogP contribution in [0.1, 0.15) is 26.2 Å². The molecule has 4 N–H and O–H groups in total. The van der Waals surface area contributed by atoms with Gasteiger partial charge in [0.25, 0.3) is 0 Å². The Balaban J connectivity index is 2.52. The zero-order valence-electron chi connectivity index (χ0n) is 8.96. The first-order chi connectivity index (χ1) is 6.62. The van der Waals surface area contributed by atoms with Crippen LogP contribution in [0, 0.1) is 5.41 Å². The first-order valence-corrected chi connectivity index (χ1v) is 5.32. The van der Waals surface area contributed by atoms with Gasteiger partial charge in [-0.3, -0.25) is 4.79 Å². The fourth-order valence-corrected chi connectivity index (χ4v) is 2.17. The second-order valence-electron chi connectivity index (χ2n) is 4.28. The molecule has 1 aliphatic rings. The van der Waals surface area contributed by atoms with Gasteiger partial charge in [-0.2, -0.15) is 0 Å². The number of amides is 1. The fourth-order valence-electron chi connectivity index (χ4n) is 2.17. The molecule has 0 aromatic rings. The highest BCUT2D eigenvalue weighted by atomic mass is 16.1. The maximum Gasteiger partial charge on any atom is 0.218 e. The summed E-state index contributed by atoms with van der Waals surface area (Å²) >= 11 is 0. The predicted molar refractivity (Wildman–Crippen MR) is 56.6 cm³/mol. The van der Waals surface area contributed by atoms with E-state index in [-0.39, 0.29) is 11.3 Å². The van der Waals surface area contributed by atoms with Crippen LogP contribution < -0.4 is 11.5 Å². The molecule has 1 amide bonds. The largest absolute Gasteiger partial charge is 0.370 e. The fraction of sp³-hybridized carbons (Fsp3) is 0.900. The van der Waals surface area contributed by atoms with Gasteiger partial charge in [0.2, 0.25) is 5.91 Å². The summed E-state index contributed by atoms with van der Waals surface area (Å²) in [7, 11) is 0. The Morgan fingerprint density at radius 1 is 1.43 bits per heavy atom. The summed E-state index contributed by atoms with van der Waals surface area (Å²) in [6.45, 7) is 5.90. The van der Waals surface area contributed by atoms with Crippen LogP contribution in [0.3, 0.4) is 0 Å². The highest BCUT2D eigenvalue weighted by Crippen LogP contribution is 2.33. The molecule has 0 saturated carbocycles. The van der Waals surface area contributed by atoms with Crippen LogP contribution in [0.4, 0.5) is 0 Å². The molecule has 0 aromatic heterocycles. The summed E-state index contributed by atoms with van der Waals surface area (Å²) < 4.78 is 0. The van der Waals surface area contributed by atoms with E-state index >= 15 is 0 Å². The SMILES string of the molecule is CCN1CCC(CN)(CC(N)=O)CC1. The van der Waals surface area contributed by atoms with Crippen LogP contribution in [0.15, 0.2) is 0 Å². The van der Waals surface area contributed by atoms with E-state index in [0.29, 0.717) is 13.0 Å². The average molecular weight is 199 g/mol. The number of primary amides is 1. The van der Waals surface area contributed by atoms with Gasteiger partial charge in [-0.1, -0.05) is 6.92 Å². The number of hydrogen-bond acceptors (Lipinski definition) is 3. The molecule has 14 heavy (non-hydrogen) atoms. The number of nitrogens with zero attached hydrogens (tertiary/aromatic N) is 1. The second-order valence-corrected chi connectivity index (χ2v) is 4.28. The minimum Gasteiger partial charge on any atom is -0.370 e. The van der Waals surface area contributed by atoms with Crippen molar-refractivity contribution in [3.05, 3.63) is 0 Å². The van der Waals surface area contributed by atoms with Crippen molar-refractivity contribution in [1.82, 2.24) is 4.90 Å². The third kappa shape index (κ3) is 2.69. The van der Waals surface area contributed by atoms with Gasteiger partial charge in [0, 0.05) is 6.42 Å². The van der Waals surface area contributed by atoms with Gasteiger partial charge in [0.05, 0.1) is 0 Å². The standard InChI is InChI=1S/C10H21N3O/c1-2-13-5-3-10(8-11,4-6-13)7-9(12)14/h2-8,11H2,1H3,(H2,12,14). The first-order valence-electron chi connectivity index (χ1n) is 5.32. The molecule has 0 bridgehead atoms. The molecular formula is C10H21N3O. The molecule has 1 fully saturated rings. The third-order valence-electron chi connectivity index (χ3n) is 3.35. The molecule has 0 radical (unpaired) electrons. The minimum atomic E-state index is -0.222. The van der Waals surface area contributed by atoms with Gasteiger partial charge in [0.1, 0.15) is 0 Å². The van der Waals surface area contributed by atoms with Crippen molar-refractivity contribution in [2.75, 3.05) is 26.2 Å². The predicted octanol–water partition coefficient (Wildman–Crippen LogP) is -0.0774. The number of rotatable bonds is 4. The van der Waals surface area contributed by atoms with Crippen LogP contribution in [0.2, 0.25) is 0 Å². The van der Waals surface area contributed by atoms with Crippen LogP contribution in [0.25, 0.3) is 0 Å². The van der Waals surface area contributed by atoms with Crippen LogP contribution >= 0.6 is 0 Å². The van der Waals surface area contributed by atoms with E-state index in [1.165, 1.54) is 0 Å². The Morgan fingerprint density at radius 3 is 2.36 bits per heavy atom. The van der Waals surface area contributed by atoms with Gasteiger partial charge < -0.3 is 16.4 Å². The molecule has 1 heterocycles. The van der Waals surface area contributed by atoms with Crippen LogP contribution in [0.5, 0.6) is 0 Å². The number of nitrogens with two attached hydrogens (primary N) is 2. The molecule has 1 aliphatic heterocycles. The Hall–Kier alpha value is -0.610. The van der Waals surface area contributed by atoms with Crippen molar-refractivity contribution < 1.29 is 4.79 Å². The van der Waals surface area contributed by atoms with Gasteiger partial charge in [-0.25, -0.2) is 0 Å². The van der Waals surface area contributed by atoms with Gasteiger partial charge >= 0.3 is 0 Å². The second kappa shape index (κ2) is 4.75. The van der Waals surface area contributed by atoms with Crippen LogP contribution in [-0.2, 0) is 4.79 Å². The van der Waals surface area contributed by atoms with Crippen molar-refractivity contribution in [3.63, 3.8) is 0 Å². The monoisotopic (exact) mass is 199 g/mol. The molecule has 1 saturated heterocycles. The number of hydrogen-bond donors (Lipinski definition) is 2. The van der Waals surface area contributed by atoms with E-state index in [1.807, 2.05) is 0 Å². The summed E-state index contributed by atoms with van der Waals surface area (Å²) in [6.07, 6.45) is 2.45. The summed E-state index contributed by atoms with van der Waals surface area (Å²) in [4.78, 5) is 13.3. The van der Waals surface area contributed by atoms with Gasteiger partial charge in [-0.05, 0) is 44.4 Å². The van der Waals surface area contributed by atoms with E-state index in [4.69, 9.17) is 11.5 Å². The lowest BCUT2D eigenvalue weighted by atomic mass is 9.75.